The lowest BCUT2D eigenvalue weighted by molar-refractivity contribution is 0.0692. The van der Waals surface area contributed by atoms with Crippen molar-refractivity contribution in [2.75, 3.05) is 0 Å². The van der Waals surface area contributed by atoms with Gasteiger partial charge in [0.25, 0.3) is 0 Å². The summed E-state index contributed by atoms with van der Waals surface area (Å²) in [6.45, 7) is 0. The lowest BCUT2D eigenvalue weighted by Crippen LogP contribution is -1.98. The quantitative estimate of drug-likeness (QED) is 0.888. The number of furan rings is 1. The topological polar surface area (TPSA) is 63.3 Å². The summed E-state index contributed by atoms with van der Waals surface area (Å²) in [5, 5.41) is 10.0. The minimum atomic E-state index is -0.973. The summed E-state index contributed by atoms with van der Waals surface area (Å²) < 4.78 is 4.97. The van der Waals surface area contributed by atoms with E-state index >= 15 is 0 Å². The Balaban J connectivity index is 2.11. The van der Waals surface area contributed by atoms with Crippen molar-refractivity contribution in [1.82, 2.24) is 4.98 Å². The number of carbonyl (C=O) groups is 1. The van der Waals surface area contributed by atoms with Crippen molar-refractivity contribution < 1.29 is 14.3 Å². The molecule has 1 saturated carbocycles. The first-order valence-electron chi connectivity index (χ1n) is 5.02. The Morgan fingerprint density at radius 1 is 1.56 bits per heavy atom. The molecule has 0 saturated heterocycles. The van der Waals surface area contributed by atoms with Crippen molar-refractivity contribution >= 4 is 17.3 Å². The van der Waals surface area contributed by atoms with Gasteiger partial charge in [0.1, 0.15) is 0 Å². The highest BCUT2D eigenvalue weighted by Gasteiger charge is 2.30. The minimum absolute atomic E-state index is 0.147. The van der Waals surface area contributed by atoms with Gasteiger partial charge in [0.2, 0.25) is 0 Å². The molecule has 0 bridgehead atoms. The highest BCUT2D eigenvalue weighted by atomic mass is 32.1. The summed E-state index contributed by atoms with van der Waals surface area (Å²) in [6, 6.07) is 1.76. The molecule has 0 aliphatic heterocycles. The van der Waals surface area contributed by atoms with Crippen LogP contribution < -0.4 is 0 Å². The Labute approximate surface area is 95.6 Å². The van der Waals surface area contributed by atoms with Gasteiger partial charge in [0, 0.05) is 11.5 Å². The molecule has 0 radical (unpaired) electrons. The Hall–Kier alpha value is -1.62. The lowest BCUT2D eigenvalue weighted by Gasteiger charge is -1.91. The summed E-state index contributed by atoms with van der Waals surface area (Å²) in [7, 11) is 0. The van der Waals surface area contributed by atoms with E-state index in [0.29, 0.717) is 10.8 Å². The number of hydrogen-bond donors (Lipinski definition) is 1. The Morgan fingerprint density at radius 3 is 2.94 bits per heavy atom. The van der Waals surface area contributed by atoms with Gasteiger partial charge in [-0.1, -0.05) is 0 Å². The first-order valence-corrected chi connectivity index (χ1v) is 5.84. The van der Waals surface area contributed by atoms with E-state index in [-0.39, 0.29) is 5.69 Å². The molecule has 0 unspecified atom stereocenters. The molecule has 4 nitrogen and oxygen atoms in total. The van der Waals surface area contributed by atoms with Crippen molar-refractivity contribution in [3.63, 3.8) is 0 Å². The first-order chi connectivity index (χ1) is 7.75. The van der Waals surface area contributed by atoms with E-state index < -0.39 is 5.97 Å². The van der Waals surface area contributed by atoms with Gasteiger partial charge < -0.3 is 9.52 Å². The zero-order valence-corrected chi connectivity index (χ0v) is 9.16. The number of rotatable bonds is 3. The fourth-order valence-corrected chi connectivity index (χ4v) is 2.79. The first kappa shape index (κ1) is 9.59. The zero-order chi connectivity index (χ0) is 11.1. The maximum Gasteiger partial charge on any atom is 0.356 e. The standard InChI is InChI=1S/C11H9NO3S/c13-11(14)8-9(7-3-4-15-5-7)16-10(12-8)6-1-2-6/h3-6H,1-2H2,(H,13,14). The van der Waals surface area contributed by atoms with Crippen LogP contribution in [0.1, 0.15) is 34.3 Å². The molecular weight excluding hydrogens is 226 g/mol. The van der Waals surface area contributed by atoms with Crippen molar-refractivity contribution in [2.45, 2.75) is 18.8 Å². The molecule has 1 fully saturated rings. The maximum absolute atomic E-state index is 11.1. The van der Waals surface area contributed by atoms with E-state index in [0.717, 1.165) is 23.4 Å². The summed E-state index contributed by atoms with van der Waals surface area (Å²) in [5.41, 5.74) is 0.940. The second-order valence-electron chi connectivity index (χ2n) is 3.82. The molecule has 16 heavy (non-hydrogen) atoms. The summed E-state index contributed by atoms with van der Waals surface area (Å²) in [5.74, 6) is -0.497. The molecule has 0 atom stereocenters. The largest absolute Gasteiger partial charge is 0.476 e. The monoisotopic (exact) mass is 235 g/mol. The number of carboxylic acids is 1. The number of thiazole rings is 1. The smallest absolute Gasteiger partial charge is 0.356 e. The molecule has 0 spiro atoms. The van der Waals surface area contributed by atoms with E-state index in [9.17, 15) is 4.79 Å². The predicted octanol–water partition coefficient (Wildman–Crippen LogP) is 2.98. The van der Waals surface area contributed by atoms with Crippen LogP contribution in [0.3, 0.4) is 0 Å². The van der Waals surface area contributed by atoms with Gasteiger partial charge in [0.15, 0.2) is 5.69 Å². The molecule has 3 rings (SSSR count). The number of hydrogen-bond acceptors (Lipinski definition) is 4. The summed E-state index contributed by atoms with van der Waals surface area (Å²) >= 11 is 1.46. The van der Waals surface area contributed by atoms with Crippen molar-refractivity contribution in [3.05, 3.63) is 29.3 Å². The van der Waals surface area contributed by atoms with Gasteiger partial charge >= 0.3 is 5.97 Å². The van der Waals surface area contributed by atoms with Crippen LogP contribution in [0.4, 0.5) is 0 Å². The number of aromatic nitrogens is 1. The van der Waals surface area contributed by atoms with E-state index in [2.05, 4.69) is 4.98 Å². The van der Waals surface area contributed by atoms with Crippen molar-refractivity contribution in [1.29, 1.82) is 0 Å². The molecule has 2 aromatic rings. The lowest BCUT2D eigenvalue weighted by atomic mass is 10.2. The highest BCUT2D eigenvalue weighted by Crippen LogP contribution is 2.44. The second-order valence-corrected chi connectivity index (χ2v) is 4.85. The van der Waals surface area contributed by atoms with Crippen LogP contribution in [0.15, 0.2) is 23.0 Å². The second kappa shape index (κ2) is 3.45. The fraction of sp³-hybridized carbons (Fsp3) is 0.273. The Kier molecular flexibility index (Phi) is 2.07. The van der Waals surface area contributed by atoms with Gasteiger partial charge in [0.05, 0.1) is 22.4 Å². The fourth-order valence-electron chi connectivity index (χ4n) is 1.58. The third-order valence-corrected chi connectivity index (χ3v) is 3.82. The molecule has 1 aliphatic rings. The molecule has 1 aliphatic carbocycles. The Morgan fingerprint density at radius 2 is 2.38 bits per heavy atom. The molecule has 0 aromatic carbocycles. The molecular formula is C11H9NO3S. The summed E-state index contributed by atoms with van der Waals surface area (Å²) in [6.07, 6.45) is 5.34. The predicted molar refractivity (Wildman–Crippen MR) is 58.8 cm³/mol. The van der Waals surface area contributed by atoms with Crippen LogP contribution in [-0.4, -0.2) is 16.1 Å². The average Bonchev–Trinajstić information content (AvgIpc) is 2.83. The van der Waals surface area contributed by atoms with E-state index in [4.69, 9.17) is 9.52 Å². The Bertz CT molecular complexity index is 525. The van der Waals surface area contributed by atoms with Crippen LogP contribution in [-0.2, 0) is 0 Å². The molecule has 0 amide bonds. The SMILES string of the molecule is O=C(O)c1nc(C2CC2)sc1-c1ccoc1. The van der Waals surface area contributed by atoms with Crippen LogP contribution >= 0.6 is 11.3 Å². The number of nitrogens with zero attached hydrogens (tertiary/aromatic N) is 1. The van der Waals surface area contributed by atoms with Crippen LogP contribution in [0.25, 0.3) is 10.4 Å². The van der Waals surface area contributed by atoms with Crippen LogP contribution in [0.2, 0.25) is 0 Å². The number of aromatic carboxylic acids is 1. The van der Waals surface area contributed by atoms with Crippen molar-refractivity contribution in [2.24, 2.45) is 0 Å². The van der Waals surface area contributed by atoms with Gasteiger partial charge in [-0.05, 0) is 18.9 Å². The maximum atomic E-state index is 11.1. The zero-order valence-electron chi connectivity index (χ0n) is 8.34. The van der Waals surface area contributed by atoms with Crippen molar-refractivity contribution in [3.8, 4) is 10.4 Å². The molecule has 1 N–H and O–H groups in total. The average molecular weight is 235 g/mol. The molecule has 82 valence electrons. The molecule has 2 heterocycles. The third-order valence-electron chi connectivity index (χ3n) is 2.56. The van der Waals surface area contributed by atoms with E-state index in [1.165, 1.54) is 17.6 Å². The van der Waals surface area contributed by atoms with Gasteiger partial charge in [-0.3, -0.25) is 0 Å². The van der Waals surface area contributed by atoms with Gasteiger partial charge in [-0.25, -0.2) is 9.78 Å². The van der Waals surface area contributed by atoms with Crippen LogP contribution in [0, 0.1) is 0 Å². The number of carboxylic acid groups (broad SMARTS) is 1. The molecule has 2 aromatic heterocycles. The van der Waals surface area contributed by atoms with E-state index in [1.54, 1.807) is 12.3 Å². The van der Waals surface area contributed by atoms with E-state index in [1.807, 2.05) is 0 Å². The van der Waals surface area contributed by atoms with Gasteiger partial charge in [-0.15, -0.1) is 11.3 Å². The normalized spacial score (nSPS) is 15.2. The van der Waals surface area contributed by atoms with Crippen LogP contribution in [0.5, 0.6) is 0 Å². The minimum Gasteiger partial charge on any atom is -0.476 e. The molecule has 5 heteroatoms. The summed E-state index contributed by atoms with van der Waals surface area (Å²) in [4.78, 5) is 16.0. The highest BCUT2D eigenvalue weighted by molar-refractivity contribution is 7.15. The van der Waals surface area contributed by atoms with Gasteiger partial charge in [-0.2, -0.15) is 0 Å². The third kappa shape index (κ3) is 1.53.